The van der Waals surface area contributed by atoms with E-state index in [2.05, 4.69) is 0 Å². The van der Waals surface area contributed by atoms with Crippen LogP contribution >= 0.6 is 11.6 Å². The monoisotopic (exact) mass is 495 g/mol. The molecule has 6 heteroatoms. The zero-order chi connectivity index (χ0) is 25.2. The summed E-state index contributed by atoms with van der Waals surface area (Å²) in [6.45, 7) is 4.41. The molecule has 1 atom stereocenters. The van der Waals surface area contributed by atoms with Crippen molar-refractivity contribution in [3.63, 3.8) is 0 Å². The summed E-state index contributed by atoms with van der Waals surface area (Å²) in [5, 5.41) is 3.12. The molecule has 0 N–H and O–H groups in total. The van der Waals surface area contributed by atoms with Gasteiger partial charge in [0.1, 0.15) is 5.82 Å². The molecule has 0 spiro atoms. The fourth-order valence-corrected chi connectivity index (χ4v) is 4.96. The van der Waals surface area contributed by atoms with E-state index < -0.39 is 6.04 Å². The van der Waals surface area contributed by atoms with Crippen molar-refractivity contribution in [2.75, 3.05) is 6.54 Å². The molecule has 1 unspecified atom stereocenters. The molecule has 1 aromatic heterocycles. The minimum atomic E-state index is -0.426. The van der Waals surface area contributed by atoms with Crippen molar-refractivity contribution in [2.45, 2.75) is 26.3 Å². The molecular weight excluding hydrogens is 470 g/mol. The van der Waals surface area contributed by atoms with Crippen molar-refractivity contribution >= 4 is 39.2 Å². The van der Waals surface area contributed by atoms with Crippen molar-refractivity contribution in [3.05, 3.63) is 118 Å². The van der Waals surface area contributed by atoms with Gasteiger partial charge in [0, 0.05) is 17.1 Å². The Morgan fingerprint density at radius 3 is 2.42 bits per heavy atom. The first kappa shape index (κ1) is 23.8. The molecule has 0 bridgehead atoms. The molecule has 1 amide bonds. The van der Waals surface area contributed by atoms with Crippen LogP contribution in [0.15, 0.2) is 95.8 Å². The molecule has 36 heavy (non-hydrogen) atoms. The third-order valence-electron chi connectivity index (χ3n) is 6.53. The largest absolute Gasteiger partial charge is 0.329 e. The molecule has 0 radical (unpaired) electrons. The van der Waals surface area contributed by atoms with E-state index in [9.17, 15) is 9.59 Å². The summed E-state index contributed by atoms with van der Waals surface area (Å²) in [5.74, 6) is 0.412. The van der Waals surface area contributed by atoms with Gasteiger partial charge in [-0.25, -0.2) is 4.98 Å². The van der Waals surface area contributed by atoms with Crippen LogP contribution in [0.4, 0.5) is 0 Å². The molecule has 1 heterocycles. The molecule has 5 aromatic rings. The highest BCUT2D eigenvalue weighted by atomic mass is 35.5. The molecule has 0 saturated heterocycles. The second-order valence-electron chi connectivity index (χ2n) is 8.68. The molecule has 5 nitrogen and oxygen atoms in total. The number of aromatic nitrogens is 2. The number of carbonyl (C=O) groups excluding carboxylic acids is 1. The highest BCUT2D eigenvalue weighted by Crippen LogP contribution is 2.28. The number of halogens is 1. The third-order valence-corrected chi connectivity index (χ3v) is 6.76. The van der Waals surface area contributed by atoms with E-state index in [-0.39, 0.29) is 11.5 Å². The van der Waals surface area contributed by atoms with E-state index in [1.807, 2.05) is 86.6 Å². The Hall–Kier alpha value is -3.96. The first-order valence-electron chi connectivity index (χ1n) is 12.1. The van der Waals surface area contributed by atoms with Crippen molar-refractivity contribution in [1.82, 2.24) is 14.5 Å². The normalized spacial score (nSPS) is 12.1. The quantitative estimate of drug-likeness (QED) is 0.260. The predicted molar refractivity (Wildman–Crippen MR) is 146 cm³/mol. The van der Waals surface area contributed by atoms with Crippen molar-refractivity contribution < 1.29 is 4.79 Å². The first-order valence-corrected chi connectivity index (χ1v) is 12.5. The maximum atomic E-state index is 13.8. The van der Waals surface area contributed by atoms with E-state index in [0.29, 0.717) is 46.0 Å². The molecular formula is C30H26ClN3O2. The average Bonchev–Trinajstić information content (AvgIpc) is 2.91. The van der Waals surface area contributed by atoms with E-state index in [4.69, 9.17) is 16.6 Å². The van der Waals surface area contributed by atoms with Gasteiger partial charge >= 0.3 is 0 Å². The minimum absolute atomic E-state index is 0.102. The number of fused-ring (bicyclic) bond motifs is 2. The summed E-state index contributed by atoms with van der Waals surface area (Å²) in [4.78, 5) is 34.3. The van der Waals surface area contributed by atoms with Crippen molar-refractivity contribution in [3.8, 4) is 5.69 Å². The number of rotatable bonds is 6. The van der Waals surface area contributed by atoms with Crippen LogP contribution in [0.25, 0.3) is 27.4 Å². The predicted octanol–water partition coefficient (Wildman–Crippen LogP) is 6.81. The van der Waals surface area contributed by atoms with Gasteiger partial charge in [-0.2, -0.15) is 0 Å². The summed E-state index contributed by atoms with van der Waals surface area (Å²) in [5.41, 5.74) is 1.63. The van der Waals surface area contributed by atoms with Gasteiger partial charge < -0.3 is 4.90 Å². The second-order valence-corrected chi connectivity index (χ2v) is 9.12. The van der Waals surface area contributed by atoms with Gasteiger partial charge in [-0.15, -0.1) is 0 Å². The SMILES string of the molecule is CCC(c1nc2ccccc2c(=O)n1-c1cccc(Cl)c1)N(CC)C(=O)c1ccc2ccccc2c1. The number of carbonyl (C=O) groups is 1. The lowest BCUT2D eigenvalue weighted by Crippen LogP contribution is -2.38. The molecule has 0 aliphatic carbocycles. The summed E-state index contributed by atoms with van der Waals surface area (Å²) in [6, 6.07) is 27.7. The topological polar surface area (TPSA) is 55.2 Å². The Kier molecular flexibility index (Phi) is 6.57. The van der Waals surface area contributed by atoms with Crippen LogP contribution in [0.2, 0.25) is 5.02 Å². The Morgan fingerprint density at radius 2 is 1.67 bits per heavy atom. The zero-order valence-electron chi connectivity index (χ0n) is 20.2. The molecule has 0 fully saturated rings. The van der Waals surface area contributed by atoms with Gasteiger partial charge in [-0.3, -0.25) is 14.2 Å². The van der Waals surface area contributed by atoms with Gasteiger partial charge in [0.2, 0.25) is 0 Å². The van der Waals surface area contributed by atoms with Crippen LogP contribution < -0.4 is 5.56 Å². The summed E-state index contributed by atoms with van der Waals surface area (Å²) < 4.78 is 1.60. The average molecular weight is 496 g/mol. The van der Waals surface area contributed by atoms with Crippen LogP contribution in [-0.4, -0.2) is 26.9 Å². The second kappa shape index (κ2) is 9.96. The van der Waals surface area contributed by atoms with E-state index in [1.165, 1.54) is 0 Å². The minimum Gasteiger partial charge on any atom is -0.329 e. The van der Waals surface area contributed by atoms with Gasteiger partial charge in [0.25, 0.3) is 11.5 Å². The van der Waals surface area contributed by atoms with Crippen LogP contribution in [-0.2, 0) is 0 Å². The summed E-state index contributed by atoms with van der Waals surface area (Å²) in [7, 11) is 0. The van der Waals surface area contributed by atoms with Crippen LogP contribution in [0, 0.1) is 0 Å². The van der Waals surface area contributed by atoms with Crippen molar-refractivity contribution in [2.24, 2.45) is 0 Å². The van der Waals surface area contributed by atoms with Crippen LogP contribution in [0.3, 0.4) is 0 Å². The third kappa shape index (κ3) is 4.27. The van der Waals surface area contributed by atoms with Gasteiger partial charge in [0.05, 0.1) is 22.6 Å². The molecule has 5 rings (SSSR count). The number of nitrogens with zero attached hydrogens (tertiary/aromatic N) is 3. The van der Waals surface area contributed by atoms with E-state index in [0.717, 1.165) is 10.8 Å². The van der Waals surface area contributed by atoms with Crippen LogP contribution in [0.1, 0.15) is 42.5 Å². The Labute approximate surface area is 214 Å². The van der Waals surface area contributed by atoms with Gasteiger partial charge in [-0.05, 0) is 66.6 Å². The lowest BCUT2D eigenvalue weighted by Gasteiger charge is -2.31. The number of hydrogen-bond donors (Lipinski definition) is 0. The van der Waals surface area contributed by atoms with Crippen molar-refractivity contribution in [1.29, 1.82) is 0 Å². The molecule has 0 aliphatic heterocycles. The fraction of sp³-hybridized carbons (Fsp3) is 0.167. The van der Waals surface area contributed by atoms with Gasteiger partial charge in [0.15, 0.2) is 0 Å². The Morgan fingerprint density at radius 1 is 0.917 bits per heavy atom. The Balaban J connectivity index is 1.68. The van der Waals surface area contributed by atoms with Crippen LogP contribution in [0.5, 0.6) is 0 Å². The number of para-hydroxylation sites is 1. The smallest absolute Gasteiger partial charge is 0.266 e. The molecule has 0 aliphatic rings. The van der Waals surface area contributed by atoms with Gasteiger partial charge in [-0.1, -0.05) is 67.1 Å². The highest BCUT2D eigenvalue weighted by molar-refractivity contribution is 6.30. The molecule has 180 valence electrons. The highest BCUT2D eigenvalue weighted by Gasteiger charge is 2.29. The first-order chi connectivity index (χ1) is 17.5. The maximum Gasteiger partial charge on any atom is 0.266 e. The summed E-state index contributed by atoms with van der Waals surface area (Å²) in [6.07, 6.45) is 0.582. The standard InChI is InChI=1S/C30H26ClN3O2/c1-3-27(33(4-2)29(35)22-17-16-20-10-5-6-11-21(20)18-22)28-32-26-15-8-7-14-25(26)30(36)34(28)24-13-9-12-23(31)19-24/h5-19,27H,3-4H2,1-2H3. The fourth-order valence-electron chi connectivity index (χ4n) is 4.77. The Bertz CT molecular complexity index is 1640. The zero-order valence-corrected chi connectivity index (χ0v) is 20.9. The summed E-state index contributed by atoms with van der Waals surface area (Å²) >= 11 is 6.30. The molecule has 0 saturated carbocycles. The van der Waals surface area contributed by atoms with E-state index in [1.54, 1.807) is 27.7 Å². The molecule has 4 aromatic carbocycles. The maximum absolute atomic E-state index is 13.8. The van der Waals surface area contributed by atoms with E-state index >= 15 is 0 Å². The number of amides is 1. The number of hydrogen-bond acceptors (Lipinski definition) is 3. The lowest BCUT2D eigenvalue weighted by atomic mass is 10.0. The lowest BCUT2D eigenvalue weighted by molar-refractivity contribution is 0.0672. The number of benzene rings is 4.